The molecule has 0 aliphatic rings. The fraction of sp³-hybridized carbons (Fsp3) is 0. The molecular formula is C40H32Cu4N8O40SiW12-68. The number of nitrogens with zero attached hydrogens (tertiary/aromatic N) is 8. The van der Waals surface area contributed by atoms with Crippen molar-refractivity contribution in [2.24, 2.45) is 0 Å². The fourth-order valence-corrected chi connectivity index (χ4v) is 4.22. The molecule has 660 valence electrons. The Hall–Kier alpha value is 2.15. The molecule has 8 heterocycles. The number of rotatable bonds is 4. The zero-order valence-electron chi connectivity index (χ0n) is 49.0. The summed E-state index contributed by atoms with van der Waals surface area (Å²) in [7, 11) is -5.61. The van der Waals surface area contributed by atoms with Crippen molar-refractivity contribution in [1.82, 2.24) is 39.9 Å². The van der Waals surface area contributed by atoms with Crippen molar-refractivity contribution in [3.8, 4) is 45.0 Å². The first-order chi connectivity index (χ1) is 25.9. The van der Waals surface area contributed by atoms with Gasteiger partial charge in [-0.3, -0.25) is 39.9 Å². The molecule has 65 heteroatoms. The smallest absolute Gasteiger partial charge is 2.00 e. The molecule has 8 aromatic heterocycles. The van der Waals surface area contributed by atoms with Crippen LogP contribution in [0.2, 0.25) is 0 Å². The van der Waals surface area contributed by atoms with E-state index in [4.69, 9.17) is 19.2 Å². The van der Waals surface area contributed by atoms with Crippen LogP contribution in [0, 0.1) is 0 Å². The van der Waals surface area contributed by atoms with Crippen LogP contribution in [0.1, 0.15) is 0 Å². The molecule has 8 aromatic rings. The van der Waals surface area contributed by atoms with Crippen LogP contribution in [0.3, 0.4) is 0 Å². The number of hydrogen-bond acceptors (Lipinski definition) is 12. The van der Waals surface area contributed by atoms with Crippen molar-refractivity contribution in [2.75, 3.05) is 0 Å². The molecule has 48 nitrogen and oxygen atoms in total. The predicted octanol–water partition coefficient (Wildman–Crippen LogP) is -0.879. The van der Waals surface area contributed by atoms with Gasteiger partial charge in [-0.05, 0) is 97.1 Å². The summed E-state index contributed by atoms with van der Waals surface area (Å²) in [6, 6.07) is 39.0. The molecule has 4 radical (unpaired) electrons. The van der Waals surface area contributed by atoms with Gasteiger partial charge in [0.1, 0.15) is 0 Å². The standard InChI is InChI=1S/4C10H8N2.4Cu.O4Si.36O.12W/c4*1-2-6-12-10(3-1)9-4-7-11-8-5-9;;;;;1-5(2,3)4;;;;;;;;;;;;;;;;;;;;;;;;;;;;;;;;;;;;;;;;;;;;;;;;/h4*1-8H;;;;;;;;;;;;;;;;;;;;;;;;;;;;;;;;;;;;;;;;;;;;;;;;;;;;;/q;;;;4*+2;-4;36*-2;;;;;;;;;;;;. The summed E-state index contributed by atoms with van der Waals surface area (Å²) < 4.78 is 0. The van der Waals surface area contributed by atoms with E-state index >= 15 is 0 Å². The van der Waals surface area contributed by atoms with Gasteiger partial charge in [-0.15, -0.1) is 0 Å². The average Bonchev–Trinajstić information content (AvgIpc) is 3.24. The molecule has 0 unspecified atom stereocenters. The molecule has 0 bridgehead atoms. The Bertz CT molecular complexity index is 1780. The molecule has 0 saturated heterocycles. The molecule has 105 heavy (non-hydrogen) atoms. The molecule has 0 amide bonds. The number of aromatic nitrogens is 8. The molecule has 0 aliphatic heterocycles. The van der Waals surface area contributed by atoms with Gasteiger partial charge in [0.15, 0.2) is 0 Å². The molecule has 0 aliphatic carbocycles. The van der Waals surface area contributed by atoms with Crippen LogP contribution < -0.4 is 19.2 Å². The van der Waals surface area contributed by atoms with Crippen LogP contribution in [0.4, 0.5) is 0 Å². The molecule has 8 rings (SSSR count). The van der Waals surface area contributed by atoms with Crippen LogP contribution >= 0.6 is 0 Å². The largest absolute Gasteiger partial charge is 2.00 e. The molecule has 0 N–H and O–H groups in total. The third-order valence-electron chi connectivity index (χ3n) is 6.56. The maximum atomic E-state index is 8.58. The summed E-state index contributed by atoms with van der Waals surface area (Å²) in [5.74, 6) is 0. The van der Waals surface area contributed by atoms with E-state index in [2.05, 4.69) is 39.9 Å². The normalized spacial score (nSPS) is 4.99. The van der Waals surface area contributed by atoms with E-state index in [-0.39, 0.29) is 518 Å². The molecule has 0 fully saturated rings. The quantitative estimate of drug-likeness (QED) is 0.194. The van der Waals surface area contributed by atoms with Crippen molar-refractivity contribution in [3.63, 3.8) is 0 Å². The SMILES string of the molecule is [Cu+2].[Cu+2].[Cu+2].[Cu+2].[O-2].[O-2].[O-2].[O-2].[O-2].[O-2].[O-2].[O-2].[O-2].[O-2].[O-2].[O-2].[O-2].[O-2].[O-2].[O-2].[O-2].[O-2].[O-2].[O-2].[O-2].[O-2].[O-2].[O-2].[O-2].[O-2].[O-2].[O-2].[O-2].[O-2].[O-2].[O-2].[O-2].[O-2].[O-2].[O-2].[O-][Si]([O-])([O-])[O-].[W].[W].[W].[W].[W].[W].[W].[W].[W].[W].[W].[W].c1ccc(-c2ccncc2)nc1.c1ccc(-c2ccncc2)nc1.c1ccc(-c2ccncc2)nc1.c1ccc(-c2ccncc2)nc1. The Labute approximate surface area is 816 Å². The molecule has 0 atom stereocenters. The van der Waals surface area contributed by atoms with E-state index < -0.39 is 9.05 Å². The van der Waals surface area contributed by atoms with E-state index in [1.807, 2.05) is 121 Å². The van der Waals surface area contributed by atoms with Crippen LogP contribution in [0.25, 0.3) is 45.0 Å². The Kier molecular flexibility index (Phi) is 767. The van der Waals surface area contributed by atoms with Gasteiger partial charge in [-0.2, -0.15) is 0 Å². The minimum Gasteiger partial charge on any atom is -2.00 e. The van der Waals surface area contributed by atoms with Gasteiger partial charge in [-0.1, -0.05) is 24.3 Å². The van der Waals surface area contributed by atoms with Crippen molar-refractivity contribution < 1.29 is 537 Å². The minimum absolute atomic E-state index is 0. The van der Waals surface area contributed by atoms with E-state index in [0.717, 1.165) is 45.0 Å². The number of pyridine rings is 8. The summed E-state index contributed by atoms with van der Waals surface area (Å²) in [5, 5.41) is 0. The van der Waals surface area contributed by atoms with Gasteiger partial charge in [-0.25, -0.2) is 0 Å². The van der Waals surface area contributed by atoms with E-state index in [1.54, 1.807) is 74.4 Å². The molecule has 0 spiro atoms. The summed E-state index contributed by atoms with van der Waals surface area (Å²) >= 11 is 0. The van der Waals surface area contributed by atoms with Gasteiger partial charge in [0.05, 0.1) is 22.8 Å². The first-order valence-corrected chi connectivity index (χ1v) is 17.6. The van der Waals surface area contributed by atoms with Crippen LogP contribution in [-0.2, 0) is 518 Å². The second-order valence-corrected chi connectivity index (χ2v) is 11.3. The summed E-state index contributed by atoms with van der Waals surface area (Å²) in [6.07, 6.45) is 21.3. The summed E-state index contributed by atoms with van der Waals surface area (Å²) in [5.41, 5.74) is 8.35. The van der Waals surface area contributed by atoms with Crippen molar-refractivity contribution in [1.29, 1.82) is 0 Å². The zero-order valence-corrected chi connectivity index (χ0v) is 89.0. The van der Waals surface area contributed by atoms with E-state index in [0.29, 0.717) is 0 Å². The molecule has 0 saturated carbocycles. The Morgan fingerprint density at radius 2 is 0.257 bits per heavy atom. The van der Waals surface area contributed by atoms with Gasteiger partial charge < -0.3 is 225 Å². The monoisotopic (exact) mass is 3750 g/mol. The third kappa shape index (κ3) is 171. The van der Waals surface area contributed by atoms with Gasteiger partial charge in [0, 0.05) is 349 Å². The van der Waals surface area contributed by atoms with Gasteiger partial charge in [0.2, 0.25) is 0 Å². The first-order valence-electron chi connectivity index (χ1n) is 15.9. The summed E-state index contributed by atoms with van der Waals surface area (Å²) in [6.45, 7) is 0. The average molecular weight is 3750 g/mol. The van der Waals surface area contributed by atoms with Crippen LogP contribution in [-0.4, -0.2) is 48.9 Å². The van der Waals surface area contributed by atoms with Crippen molar-refractivity contribution in [3.05, 3.63) is 196 Å². The Balaban J connectivity index is -0.00000000714. The second kappa shape index (κ2) is 225. The predicted molar refractivity (Wildman–Crippen MR) is 220 cm³/mol. The van der Waals surface area contributed by atoms with E-state index in [1.165, 1.54) is 0 Å². The Morgan fingerprint density at radius 3 is 0.333 bits per heavy atom. The minimum atomic E-state index is -5.61. The zero-order chi connectivity index (χ0) is 37.4. The van der Waals surface area contributed by atoms with Gasteiger partial charge >= 0.3 is 68.3 Å². The molecular weight excluding hydrogens is 3720 g/mol. The van der Waals surface area contributed by atoms with Crippen molar-refractivity contribution >= 4 is 9.05 Å². The van der Waals surface area contributed by atoms with Gasteiger partial charge in [0.25, 0.3) is 0 Å². The van der Waals surface area contributed by atoms with Crippen LogP contribution in [0.5, 0.6) is 0 Å². The maximum Gasteiger partial charge on any atom is 2.00 e. The fourth-order valence-electron chi connectivity index (χ4n) is 4.22. The summed E-state index contributed by atoms with van der Waals surface area (Å²) in [4.78, 5) is 67.0. The maximum absolute atomic E-state index is 8.58. The van der Waals surface area contributed by atoms with Crippen LogP contribution in [0.15, 0.2) is 196 Å². The Morgan fingerprint density at radius 1 is 0.162 bits per heavy atom. The first kappa shape index (κ1) is 357. The second-order valence-electron chi connectivity index (χ2n) is 10.3. The van der Waals surface area contributed by atoms with Crippen molar-refractivity contribution in [2.45, 2.75) is 0 Å². The van der Waals surface area contributed by atoms with E-state index in [9.17, 15) is 0 Å². The number of hydrogen-bond donors (Lipinski definition) is 0. The molecule has 0 aromatic carbocycles. The third-order valence-corrected chi connectivity index (χ3v) is 6.56. The topological polar surface area (TPSA) is 1220 Å².